The summed E-state index contributed by atoms with van der Waals surface area (Å²) in [4.78, 5) is 27.4. The summed E-state index contributed by atoms with van der Waals surface area (Å²) < 4.78 is 5.36. The summed E-state index contributed by atoms with van der Waals surface area (Å²) >= 11 is 0. The van der Waals surface area contributed by atoms with Crippen LogP contribution in [-0.2, 0) is 9.59 Å². The lowest BCUT2D eigenvalue weighted by Crippen LogP contribution is -2.52. The molecule has 1 aromatic carbocycles. The Hall–Kier alpha value is -1.38. The number of carbonyl (C=O) groups is 2. The van der Waals surface area contributed by atoms with Crippen molar-refractivity contribution in [3.63, 3.8) is 0 Å². The quantitative estimate of drug-likeness (QED) is 0.388. The molecule has 0 saturated carbocycles. The molecule has 0 atom stereocenters. The Labute approximate surface area is 179 Å². The minimum Gasteiger partial charge on any atom is -0.426 e. The molecule has 3 rings (SSSR count). The second-order valence-corrected chi connectivity index (χ2v) is 6.87. The van der Waals surface area contributed by atoms with Gasteiger partial charge in [-0.05, 0) is 50.2 Å². The zero-order chi connectivity index (χ0) is 18.2. The maximum absolute atomic E-state index is 12.0. The molecule has 1 amide bonds. The van der Waals surface area contributed by atoms with Gasteiger partial charge in [0, 0.05) is 44.5 Å². The lowest BCUT2D eigenvalue weighted by atomic mass is 10.0. The zero-order valence-corrected chi connectivity index (χ0v) is 17.6. The number of esters is 1. The van der Waals surface area contributed by atoms with Gasteiger partial charge in [0.1, 0.15) is 5.75 Å². The Balaban J connectivity index is 0.00000196. The first-order valence-electron chi connectivity index (χ1n) is 9.42. The molecular formula is C19H30Cl2N4O3. The monoisotopic (exact) mass is 432 g/mol. The van der Waals surface area contributed by atoms with Crippen LogP contribution in [0.2, 0.25) is 0 Å². The molecule has 0 unspecified atom stereocenters. The second kappa shape index (κ2) is 13.0. The Bertz CT molecular complexity index is 589. The van der Waals surface area contributed by atoms with Gasteiger partial charge in [0.2, 0.25) is 6.41 Å². The summed E-state index contributed by atoms with van der Waals surface area (Å²) in [6.45, 7) is 7.21. The minimum absolute atomic E-state index is 0. The molecule has 0 spiro atoms. The van der Waals surface area contributed by atoms with Crippen LogP contribution in [-0.4, -0.2) is 74.0 Å². The standard InChI is InChI=1S/C19H28N4O3.2ClH/c24-15-21-16-1-3-18(4-2-16)26-19(25)7-10-22-11-13-23(14-12-22)17-5-8-20-9-6-17;;/h1-4,15,17,20H,5-14H2,(H,21,24);2*1H. The van der Waals surface area contributed by atoms with Crippen molar-refractivity contribution in [3.8, 4) is 5.75 Å². The predicted molar refractivity (Wildman–Crippen MR) is 115 cm³/mol. The summed E-state index contributed by atoms with van der Waals surface area (Å²) in [7, 11) is 0. The molecule has 28 heavy (non-hydrogen) atoms. The Kier molecular flexibility index (Phi) is 11.4. The first kappa shape index (κ1) is 24.7. The summed E-state index contributed by atoms with van der Waals surface area (Å²) in [5.74, 6) is 0.282. The van der Waals surface area contributed by atoms with Gasteiger partial charge < -0.3 is 20.3 Å². The summed E-state index contributed by atoms with van der Waals surface area (Å²) in [5, 5.41) is 5.97. The van der Waals surface area contributed by atoms with Gasteiger partial charge in [-0.15, -0.1) is 24.8 Å². The highest BCUT2D eigenvalue weighted by Crippen LogP contribution is 2.17. The molecule has 2 aliphatic rings. The molecule has 158 valence electrons. The second-order valence-electron chi connectivity index (χ2n) is 6.87. The van der Waals surface area contributed by atoms with E-state index in [0.717, 1.165) is 51.9 Å². The number of ether oxygens (including phenoxy) is 1. The number of nitrogens with one attached hydrogen (secondary N) is 2. The lowest BCUT2D eigenvalue weighted by molar-refractivity contribution is -0.134. The highest BCUT2D eigenvalue weighted by Gasteiger charge is 2.25. The molecule has 2 saturated heterocycles. The van der Waals surface area contributed by atoms with Gasteiger partial charge in [0.25, 0.3) is 0 Å². The molecule has 2 fully saturated rings. The van der Waals surface area contributed by atoms with Gasteiger partial charge in [0.05, 0.1) is 6.42 Å². The lowest BCUT2D eigenvalue weighted by Gasteiger charge is -2.40. The number of rotatable bonds is 7. The van der Waals surface area contributed by atoms with Crippen molar-refractivity contribution in [2.45, 2.75) is 25.3 Å². The van der Waals surface area contributed by atoms with E-state index in [-0.39, 0.29) is 30.8 Å². The number of benzene rings is 1. The van der Waals surface area contributed by atoms with Crippen LogP contribution in [0.15, 0.2) is 24.3 Å². The molecule has 9 heteroatoms. The highest BCUT2D eigenvalue weighted by molar-refractivity contribution is 5.85. The third-order valence-electron chi connectivity index (χ3n) is 5.18. The Morgan fingerprint density at radius 3 is 2.36 bits per heavy atom. The summed E-state index contributed by atoms with van der Waals surface area (Å²) in [5.41, 5.74) is 0.673. The van der Waals surface area contributed by atoms with Gasteiger partial charge in [0.15, 0.2) is 0 Å². The first-order chi connectivity index (χ1) is 12.7. The van der Waals surface area contributed by atoms with E-state index in [1.165, 1.54) is 12.8 Å². The number of piperidine rings is 1. The molecule has 2 N–H and O–H groups in total. The fraction of sp³-hybridized carbons (Fsp3) is 0.579. The van der Waals surface area contributed by atoms with Gasteiger partial charge in [-0.3, -0.25) is 14.5 Å². The van der Waals surface area contributed by atoms with Crippen LogP contribution in [0.25, 0.3) is 0 Å². The van der Waals surface area contributed by atoms with Crippen LogP contribution in [0.1, 0.15) is 19.3 Å². The molecule has 2 aliphatic heterocycles. The maximum atomic E-state index is 12.0. The van der Waals surface area contributed by atoms with E-state index in [2.05, 4.69) is 20.4 Å². The van der Waals surface area contributed by atoms with E-state index in [1.54, 1.807) is 24.3 Å². The predicted octanol–water partition coefficient (Wildman–Crippen LogP) is 1.76. The van der Waals surface area contributed by atoms with Crippen molar-refractivity contribution >= 4 is 42.9 Å². The third-order valence-corrected chi connectivity index (χ3v) is 5.18. The maximum Gasteiger partial charge on any atom is 0.312 e. The van der Waals surface area contributed by atoms with E-state index in [0.29, 0.717) is 24.3 Å². The molecule has 0 aromatic heterocycles. The number of anilines is 1. The molecule has 0 aliphatic carbocycles. The number of nitrogens with zero attached hydrogens (tertiary/aromatic N) is 2. The number of hydrogen-bond acceptors (Lipinski definition) is 6. The Morgan fingerprint density at radius 2 is 1.75 bits per heavy atom. The van der Waals surface area contributed by atoms with Crippen LogP contribution in [0, 0.1) is 0 Å². The SMILES string of the molecule is Cl.Cl.O=CNc1ccc(OC(=O)CCN2CCN(C3CCNCC3)CC2)cc1. The van der Waals surface area contributed by atoms with Crippen molar-refractivity contribution in [1.82, 2.24) is 15.1 Å². The van der Waals surface area contributed by atoms with E-state index in [1.807, 2.05) is 0 Å². The van der Waals surface area contributed by atoms with Crippen molar-refractivity contribution in [3.05, 3.63) is 24.3 Å². The number of piperazine rings is 1. The smallest absolute Gasteiger partial charge is 0.312 e. The minimum atomic E-state index is -0.220. The average Bonchev–Trinajstić information content (AvgIpc) is 2.69. The number of carbonyl (C=O) groups excluding carboxylic acids is 2. The van der Waals surface area contributed by atoms with Crippen LogP contribution < -0.4 is 15.4 Å². The molecule has 1 aromatic rings. The van der Waals surface area contributed by atoms with Crippen LogP contribution in [0.4, 0.5) is 5.69 Å². The highest BCUT2D eigenvalue weighted by atomic mass is 35.5. The largest absolute Gasteiger partial charge is 0.426 e. The van der Waals surface area contributed by atoms with Crippen molar-refractivity contribution in [2.24, 2.45) is 0 Å². The van der Waals surface area contributed by atoms with Gasteiger partial charge in [-0.1, -0.05) is 0 Å². The molecule has 0 radical (unpaired) electrons. The average molecular weight is 433 g/mol. The van der Waals surface area contributed by atoms with E-state index < -0.39 is 0 Å². The van der Waals surface area contributed by atoms with Gasteiger partial charge in [-0.25, -0.2) is 0 Å². The van der Waals surface area contributed by atoms with Gasteiger partial charge >= 0.3 is 5.97 Å². The number of hydrogen-bond donors (Lipinski definition) is 2. The van der Waals surface area contributed by atoms with E-state index >= 15 is 0 Å². The number of amides is 1. The fourth-order valence-corrected chi connectivity index (χ4v) is 3.64. The summed E-state index contributed by atoms with van der Waals surface area (Å²) in [6, 6.07) is 7.50. The first-order valence-corrected chi connectivity index (χ1v) is 9.42. The van der Waals surface area contributed by atoms with Crippen LogP contribution in [0.5, 0.6) is 5.75 Å². The molecule has 0 bridgehead atoms. The molecule has 2 heterocycles. The number of halogens is 2. The van der Waals surface area contributed by atoms with Crippen LogP contribution >= 0.6 is 24.8 Å². The summed E-state index contributed by atoms with van der Waals surface area (Å²) in [6.07, 6.45) is 3.49. The van der Waals surface area contributed by atoms with E-state index in [4.69, 9.17) is 4.74 Å². The van der Waals surface area contributed by atoms with Crippen molar-refractivity contribution in [1.29, 1.82) is 0 Å². The van der Waals surface area contributed by atoms with E-state index in [9.17, 15) is 9.59 Å². The zero-order valence-electron chi connectivity index (χ0n) is 16.0. The molecular weight excluding hydrogens is 403 g/mol. The fourth-order valence-electron chi connectivity index (χ4n) is 3.64. The normalized spacial score (nSPS) is 18.4. The third kappa shape index (κ3) is 7.56. The van der Waals surface area contributed by atoms with Gasteiger partial charge in [-0.2, -0.15) is 0 Å². The van der Waals surface area contributed by atoms with Crippen molar-refractivity contribution < 1.29 is 14.3 Å². The molecule has 7 nitrogen and oxygen atoms in total. The van der Waals surface area contributed by atoms with Crippen LogP contribution in [0.3, 0.4) is 0 Å². The van der Waals surface area contributed by atoms with Crippen molar-refractivity contribution in [2.75, 3.05) is 51.1 Å². The Morgan fingerprint density at radius 1 is 1.11 bits per heavy atom. The topological polar surface area (TPSA) is 73.9 Å².